The van der Waals surface area contributed by atoms with E-state index in [-0.39, 0.29) is 30.4 Å². The van der Waals surface area contributed by atoms with E-state index in [2.05, 4.69) is 10.6 Å². The maximum atomic E-state index is 11.9. The molecule has 0 aromatic heterocycles. The zero-order valence-corrected chi connectivity index (χ0v) is 10.4. The average Bonchev–Trinajstić information content (AvgIpc) is 3.04. The molecule has 2 amide bonds. The number of carbonyl (C=O) groups excluding carboxylic acids is 3. The molecule has 2 aliphatic rings. The van der Waals surface area contributed by atoms with Gasteiger partial charge in [0.15, 0.2) is 0 Å². The van der Waals surface area contributed by atoms with Crippen LogP contribution in [0.4, 0.5) is 0 Å². The molecule has 0 unspecified atom stereocenters. The van der Waals surface area contributed by atoms with Crippen molar-refractivity contribution in [3.05, 3.63) is 0 Å². The Bertz CT molecular complexity index is 339. The predicted molar refractivity (Wildman–Crippen MR) is 64.8 cm³/mol. The van der Waals surface area contributed by atoms with Gasteiger partial charge in [0.25, 0.3) is 0 Å². The van der Waals surface area contributed by atoms with Crippen LogP contribution in [0.25, 0.3) is 0 Å². The maximum absolute atomic E-state index is 11.9. The SMILES string of the molecule is O=C[C@@H]1CCCN1C(=O)CNC(=O)[C@@H]1CCCN1. The van der Waals surface area contributed by atoms with Gasteiger partial charge in [0, 0.05) is 6.54 Å². The number of rotatable bonds is 4. The first-order valence-corrected chi connectivity index (χ1v) is 6.48. The second-order valence-corrected chi connectivity index (χ2v) is 4.80. The standard InChI is InChI=1S/C12H19N3O3/c16-8-9-3-2-6-15(9)11(17)7-14-12(18)10-4-1-5-13-10/h8-10,13H,1-7H2,(H,14,18)/t9-,10-/m0/s1. The van der Waals surface area contributed by atoms with Gasteiger partial charge in [-0.25, -0.2) is 0 Å². The van der Waals surface area contributed by atoms with Crippen molar-refractivity contribution in [3.8, 4) is 0 Å². The summed E-state index contributed by atoms with van der Waals surface area (Å²) in [6.07, 6.45) is 4.21. The van der Waals surface area contributed by atoms with E-state index in [1.54, 1.807) is 4.90 Å². The van der Waals surface area contributed by atoms with Crippen molar-refractivity contribution >= 4 is 18.1 Å². The molecule has 0 radical (unpaired) electrons. The molecule has 0 bridgehead atoms. The monoisotopic (exact) mass is 253 g/mol. The van der Waals surface area contributed by atoms with Gasteiger partial charge in [0.2, 0.25) is 11.8 Å². The van der Waals surface area contributed by atoms with Crippen molar-refractivity contribution in [1.82, 2.24) is 15.5 Å². The van der Waals surface area contributed by atoms with Crippen molar-refractivity contribution in [2.24, 2.45) is 0 Å². The highest BCUT2D eigenvalue weighted by Gasteiger charge is 2.29. The van der Waals surface area contributed by atoms with Crippen LogP contribution < -0.4 is 10.6 Å². The molecule has 0 spiro atoms. The normalized spacial score (nSPS) is 27.2. The number of hydrogen-bond acceptors (Lipinski definition) is 4. The van der Waals surface area contributed by atoms with Crippen molar-refractivity contribution < 1.29 is 14.4 Å². The summed E-state index contributed by atoms with van der Waals surface area (Å²) in [5.41, 5.74) is 0. The second kappa shape index (κ2) is 5.95. The molecule has 2 N–H and O–H groups in total. The average molecular weight is 253 g/mol. The summed E-state index contributed by atoms with van der Waals surface area (Å²) in [7, 11) is 0. The lowest BCUT2D eigenvalue weighted by Crippen LogP contribution is -2.47. The third kappa shape index (κ3) is 2.87. The highest BCUT2D eigenvalue weighted by Crippen LogP contribution is 2.15. The van der Waals surface area contributed by atoms with Crippen LogP contribution in [0.5, 0.6) is 0 Å². The third-order valence-corrected chi connectivity index (χ3v) is 3.57. The zero-order valence-electron chi connectivity index (χ0n) is 10.4. The summed E-state index contributed by atoms with van der Waals surface area (Å²) in [6.45, 7) is 1.45. The van der Waals surface area contributed by atoms with Gasteiger partial charge in [-0.3, -0.25) is 9.59 Å². The van der Waals surface area contributed by atoms with Crippen LogP contribution >= 0.6 is 0 Å². The zero-order chi connectivity index (χ0) is 13.0. The predicted octanol–water partition coefficient (Wildman–Crippen LogP) is -0.955. The first-order valence-electron chi connectivity index (χ1n) is 6.48. The van der Waals surface area contributed by atoms with E-state index in [1.165, 1.54) is 0 Å². The smallest absolute Gasteiger partial charge is 0.242 e. The second-order valence-electron chi connectivity index (χ2n) is 4.80. The van der Waals surface area contributed by atoms with E-state index >= 15 is 0 Å². The minimum Gasteiger partial charge on any atom is -0.346 e. The highest BCUT2D eigenvalue weighted by molar-refractivity contribution is 5.88. The van der Waals surface area contributed by atoms with Crippen LogP contribution in [-0.4, -0.2) is 54.7 Å². The number of carbonyl (C=O) groups is 3. The molecular weight excluding hydrogens is 234 g/mol. The van der Waals surface area contributed by atoms with Gasteiger partial charge in [0.1, 0.15) is 6.29 Å². The molecule has 0 aromatic rings. The summed E-state index contributed by atoms with van der Waals surface area (Å²) in [6, 6.07) is -0.475. The molecule has 2 rings (SSSR count). The van der Waals surface area contributed by atoms with E-state index in [0.29, 0.717) is 6.54 Å². The Morgan fingerprint density at radius 3 is 2.83 bits per heavy atom. The Hall–Kier alpha value is -1.43. The third-order valence-electron chi connectivity index (χ3n) is 3.57. The molecule has 2 aliphatic heterocycles. The summed E-state index contributed by atoms with van der Waals surface area (Å²) >= 11 is 0. The molecule has 2 atom stereocenters. The topological polar surface area (TPSA) is 78.5 Å². The van der Waals surface area contributed by atoms with E-state index in [0.717, 1.165) is 38.5 Å². The van der Waals surface area contributed by atoms with Gasteiger partial charge in [-0.2, -0.15) is 0 Å². The van der Waals surface area contributed by atoms with Crippen LogP contribution in [0, 0.1) is 0 Å². The molecular formula is C12H19N3O3. The molecule has 0 saturated carbocycles. The van der Waals surface area contributed by atoms with Gasteiger partial charge in [0.05, 0.1) is 18.6 Å². The molecule has 6 heteroatoms. The van der Waals surface area contributed by atoms with E-state index in [1.807, 2.05) is 0 Å². The maximum Gasteiger partial charge on any atom is 0.242 e. The van der Waals surface area contributed by atoms with Crippen LogP contribution in [0.15, 0.2) is 0 Å². The van der Waals surface area contributed by atoms with Gasteiger partial charge in [-0.1, -0.05) is 0 Å². The van der Waals surface area contributed by atoms with Crippen molar-refractivity contribution in [3.63, 3.8) is 0 Å². The summed E-state index contributed by atoms with van der Waals surface area (Å²) in [4.78, 5) is 35.9. The van der Waals surface area contributed by atoms with E-state index in [4.69, 9.17) is 0 Å². The molecule has 0 aromatic carbocycles. The minimum atomic E-state index is -0.306. The van der Waals surface area contributed by atoms with Crippen molar-refractivity contribution in [2.45, 2.75) is 37.8 Å². The van der Waals surface area contributed by atoms with E-state index < -0.39 is 0 Å². The summed E-state index contributed by atoms with van der Waals surface area (Å²) in [5.74, 6) is -0.293. The van der Waals surface area contributed by atoms with Crippen LogP contribution in [-0.2, 0) is 14.4 Å². The Morgan fingerprint density at radius 2 is 2.17 bits per heavy atom. The summed E-state index contributed by atoms with van der Waals surface area (Å²) < 4.78 is 0. The molecule has 2 heterocycles. The largest absolute Gasteiger partial charge is 0.346 e. The quantitative estimate of drug-likeness (QED) is 0.633. The van der Waals surface area contributed by atoms with Crippen LogP contribution in [0.3, 0.4) is 0 Å². The number of aldehydes is 1. The van der Waals surface area contributed by atoms with E-state index in [9.17, 15) is 14.4 Å². The molecule has 100 valence electrons. The Kier molecular flexibility index (Phi) is 4.30. The van der Waals surface area contributed by atoms with Gasteiger partial charge >= 0.3 is 0 Å². The van der Waals surface area contributed by atoms with Crippen LogP contribution in [0.2, 0.25) is 0 Å². The minimum absolute atomic E-state index is 0.0125. The van der Waals surface area contributed by atoms with Gasteiger partial charge in [-0.05, 0) is 32.2 Å². The first-order chi connectivity index (χ1) is 8.72. The fourth-order valence-electron chi connectivity index (χ4n) is 2.54. The number of nitrogens with zero attached hydrogens (tertiary/aromatic N) is 1. The number of likely N-dealkylation sites (tertiary alicyclic amines) is 1. The molecule has 2 saturated heterocycles. The number of amides is 2. The number of nitrogens with one attached hydrogen (secondary N) is 2. The van der Waals surface area contributed by atoms with Gasteiger partial charge in [-0.15, -0.1) is 0 Å². The molecule has 6 nitrogen and oxygen atoms in total. The molecule has 0 aliphatic carbocycles. The highest BCUT2D eigenvalue weighted by atomic mass is 16.2. The number of hydrogen-bond donors (Lipinski definition) is 2. The fraction of sp³-hybridized carbons (Fsp3) is 0.750. The Morgan fingerprint density at radius 1 is 1.33 bits per heavy atom. The van der Waals surface area contributed by atoms with Crippen LogP contribution in [0.1, 0.15) is 25.7 Å². The lowest BCUT2D eigenvalue weighted by Gasteiger charge is -2.21. The Balaban J connectivity index is 1.77. The molecule has 18 heavy (non-hydrogen) atoms. The van der Waals surface area contributed by atoms with Crippen molar-refractivity contribution in [1.29, 1.82) is 0 Å². The lowest BCUT2D eigenvalue weighted by molar-refractivity contribution is -0.135. The summed E-state index contributed by atoms with van der Waals surface area (Å²) in [5, 5.41) is 5.71. The first kappa shape index (κ1) is 13.0. The lowest BCUT2D eigenvalue weighted by atomic mass is 10.2. The molecule has 2 fully saturated rings. The van der Waals surface area contributed by atoms with Gasteiger partial charge < -0.3 is 20.3 Å². The van der Waals surface area contributed by atoms with Crippen molar-refractivity contribution in [2.75, 3.05) is 19.6 Å². The Labute approximate surface area is 106 Å². The fourth-order valence-corrected chi connectivity index (χ4v) is 2.54.